The summed E-state index contributed by atoms with van der Waals surface area (Å²) in [6.07, 6.45) is 2.21. The number of rotatable bonds is 6. The third-order valence-electron chi connectivity index (χ3n) is 2.88. The lowest BCUT2D eigenvalue weighted by Gasteiger charge is -2.19. The maximum atomic E-state index is 11.7. The lowest BCUT2D eigenvalue weighted by Crippen LogP contribution is -2.33. The van der Waals surface area contributed by atoms with Gasteiger partial charge in [0.05, 0.1) is 0 Å². The van der Waals surface area contributed by atoms with Gasteiger partial charge in [0.2, 0.25) is 0 Å². The molecule has 0 fully saturated rings. The van der Waals surface area contributed by atoms with E-state index < -0.39 is 0 Å². The monoisotopic (exact) mass is 302 g/mol. The van der Waals surface area contributed by atoms with Gasteiger partial charge in [-0.2, -0.15) is 0 Å². The molecule has 0 saturated carbocycles. The van der Waals surface area contributed by atoms with E-state index in [1.807, 2.05) is 0 Å². The second kappa shape index (κ2) is 6.79. The Labute approximate surface area is 110 Å². The maximum Gasteiger partial charge on any atom is 0.273 e. The lowest BCUT2D eigenvalue weighted by atomic mass is 9.99. The largest absolute Gasteiger partial charge is 0.361 e. The van der Waals surface area contributed by atoms with Gasteiger partial charge in [-0.15, -0.1) is 0 Å². The fourth-order valence-corrected chi connectivity index (χ4v) is 2.63. The minimum Gasteiger partial charge on any atom is -0.361 e. The summed E-state index contributed by atoms with van der Waals surface area (Å²) in [5, 5.41) is 6.53. The van der Waals surface area contributed by atoms with E-state index in [0.29, 0.717) is 28.7 Å². The average Bonchev–Trinajstić information content (AvgIpc) is 2.74. The zero-order valence-electron chi connectivity index (χ0n) is 10.5. The van der Waals surface area contributed by atoms with Crippen LogP contribution in [-0.4, -0.2) is 22.4 Å². The van der Waals surface area contributed by atoms with E-state index in [-0.39, 0.29) is 5.91 Å². The number of carbonyl (C=O) groups is 1. The molecule has 1 N–H and O–H groups in total. The molecule has 1 aromatic rings. The molecule has 0 bridgehead atoms. The van der Waals surface area contributed by atoms with Crippen LogP contribution < -0.4 is 5.32 Å². The number of aromatic nitrogens is 1. The van der Waals surface area contributed by atoms with Crippen LogP contribution in [0.2, 0.25) is 0 Å². The van der Waals surface area contributed by atoms with Gasteiger partial charge in [-0.3, -0.25) is 4.79 Å². The SMILES string of the molecule is CCC(CC)C(Br)CNC(=O)c1cc(C)on1. The number of carbonyl (C=O) groups excluding carboxylic acids is 1. The number of hydrogen-bond acceptors (Lipinski definition) is 3. The number of halogens is 1. The van der Waals surface area contributed by atoms with Gasteiger partial charge in [0.1, 0.15) is 5.76 Å². The van der Waals surface area contributed by atoms with Gasteiger partial charge in [-0.25, -0.2) is 0 Å². The quantitative estimate of drug-likeness (QED) is 0.822. The van der Waals surface area contributed by atoms with Gasteiger partial charge in [-0.05, 0) is 12.8 Å². The molecular formula is C12H19BrN2O2. The van der Waals surface area contributed by atoms with Gasteiger partial charge < -0.3 is 9.84 Å². The zero-order valence-corrected chi connectivity index (χ0v) is 12.1. The highest BCUT2D eigenvalue weighted by Gasteiger charge is 2.17. The first-order chi connectivity index (χ1) is 8.08. The van der Waals surface area contributed by atoms with Crippen molar-refractivity contribution < 1.29 is 9.32 Å². The highest BCUT2D eigenvalue weighted by Crippen LogP contribution is 2.19. The maximum absolute atomic E-state index is 11.7. The molecule has 0 spiro atoms. The predicted molar refractivity (Wildman–Crippen MR) is 70.4 cm³/mol. The Morgan fingerprint density at radius 3 is 2.65 bits per heavy atom. The van der Waals surface area contributed by atoms with Crippen LogP contribution >= 0.6 is 15.9 Å². The van der Waals surface area contributed by atoms with Crippen LogP contribution in [0.3, 0.4) is 0 Å². The molecule has 0 aromatic carbocycles. The third kappa shape index (κ3) is 4.15. The van der Waals surface area contributed by atoms with E-state index in [1.165, 1.54) is 0 Å². The first-order valence-electron chi connectivity index (χ1n) is 5.94. The normalized spacial score (nSPS) is 12.8. The minimum absolute atomic E-state index is 0.183. The fourth-order valence-electron chi connectivity index (χ4n) is 1.72. The molecule has 5 heteroatoms. The molecule has 17 heavy (non-hydrogen) atoms. The molecule has 1 aromatic heterocycles. The Morgan fingerprint density at radius 2 is 2.18 bits per heavy atom. The Morgan fingerprint density at radius 1 is 1.53 bits per heavy atom. The molecular weight excluding hydrogens is 284 g/mol. The smallest absolute Gasteiger partial charge is 0.273 e. The molecule has 1 heterocycles. The van der Waals surface area contributed by atoms with Crippen molar-refractivity contribution in [2.45, 2.75) is 38.4 Å². The van der Waals surface area contributed by atoms with Crippen molar-refractivity contribution >= 4 is 21.8 Å². The molecule has 0 aliphatic carbocycles. The summed E-state index contributed by atoms with van der Waals surface area (Å²) in [6.45, 7) is 6.69. The van der Waals surface area contributed by atoms with Crippen molar-refractivity contribution in [2.24, 2.45) is 5.92 Å². The Bertz CT molecular complexity index is 361. The summed E-state index contributed by atoms with van der Waals surface area (Å²) in [6, 6.07) is 1.63. The molecule has 0 saturated heterocycles. The second-order valence-corrected chi connectivity index (χ2v) is 5.30. The van der Waals surface area contributed by atoms with Crippen LogP contribution in [0.4, 0.5) is 0 Å². The van der Waals surface area contributed by atoms with Crippen LogP contribution in [0.25, 0.3) is 0 Å². The predicted octanol–water partition coefficient (Wildman–Crippen LogP) is 2.91. The van der Waals surface area contributed by atoms with Gasteiger partial charge in [0, 0.05) is 17.4 Å². The van der Waals surface area contributed by atoms with E-state index in [0.717, 1.165) is 12.8 Å². The van der Waals surface area contributed by atoms with Crippen LogP contribution in [0.1, 0.15) is 42.9 Å². The number of aryl methyl sites for hydroxylation is 1. The zero-order chi connectivity index (χ0) is 12.8. The molecule has 1 unspecified atom stereocenters. The van der Waals surface area contributed by atoms with Gasteiger partial charge in [0.25, 0.3) is 5.91 Å². The van der Waals surface area contributed by atoms with E-state index in [1.54, 1.807) is 13.0 Å². The second-order valence-electron chi connectivity index (χ2n) is 4.13. The van der Waals surface area contributed by atoms with Crippen LogP contribution in [0.5, 0.6) is 0 Å². The molecule has 96 valence electrons. The van der Waals surface area contributed by atoms with Crippen molar-refractivity contribution in [3.63, 3.8) is 0 Å². The van der Waals surface area contributed by atoms with Crippen molar-refractivity contribution in [3.8, 4) is 0 Å². The highest BCUT2D eigenvalue weighted by molar-refractivity contribution is 9.09. The topological polar surface area (TPSA) is 55.1 Å². The first kappa shape index (κ1) is 14.2. The molecule has 4 nitrogen and oxygen atoms in total. The summed E-state index contributed by atoms with van der Waals surface area (Å²) in [7, 11) is 0. The minimum atomic E-state index is -0.183. The van der Waals surface area contributed by atoms with Gasteiger partial charge in [-0.1, -0.05) is 47.8 Å². The van der Waals surface area contributed by atoms with Crippen molar-refractivity contribution in [1.82, 2.24) is 10.5 Å². The standard InChI is InChI=1S/C12H19BrN2O2/c1-4-9(5-2)10(13)7-14-12(16)11-6-8(3)17-15-11/h6,9-10H,4-5,7H2,1-3H3,(H,14,16). The van der Waals surface area contributed by atoms with E-state index >= 15 is 0 Å². The van der Waals surface area contributed by atoms with Crippen molar-refractivity contribution in [2.75, 3.05) is 6.54 Å². The summed E-state index contributed by atoms with van der Waals surface area (Å²) in [5.41, 5.74) is 0.340. The lowest BCUT2D eigenvalue weighted by molar-refractivity contribution is 0.0943. The highest BCUT2D eigenvalue weighted by atomic mass is 79.9. The van der Waals surface area contributed by atoms with Crippen molar-refractivity contribution in [1.29, 1.82) is 0 Å². The molecule has 1 amide bonds. The van der Waals surface area contributed by atoms with Crippen LogP contribution in [0.15, 0.2) is 10.6 Å². The summed E-state index contributed by atoms with van der Waals surface area (Å²) < 4.78 is 4.86. The van der Waals surface area contributed by atoms with Gasteiger partial charge >= 0.3 is 0 Å². The third-order valence-corrected chi connectivity index (χ3v) is 3.95. The number of amides is 1. The van der Waals surface area contributed by atoms with Crippen molar-refractivity contribution in [3.05, 3.63) is 17.5 Å². The van der Waals surface area contributed by atoms with E-state index in [2.05, 4.69) is 40.3 Å². The van der Waals surface area contributed by atoms with E-state index in [4.69, 9.17) is 4.52 Å². The molecule has 0 aliphatic heterocycles. The molecule has 1 rings (SSSR count). The van der Waals surface area contributed by atoms with E-state index in [9.17, 15) is 4.79 Å². The number of nitrogens with zero attached hydrogens (tertiary/aromatic N) is 1. The molecule has 0 radical (unpaired) electrons. The number of hydrogen-bond donors (Lipinski definition) is 1. The van der Waals surface area contributed by atoms with Gasteiger partial charge in [0.15, 0.2) is 5.69 Å². The number of nitrogens with one attached hydrogen (secondary N) is 1. The molecule has 1 atom stereocenters. The first-order valence-corrected chi connectivity index (χ1v) is 6.85. The summed E-state index contributed by atoms with van der Waals surface area (Å²) >= 11 is 3.61. The van der Waals surface area contributed by atoms with Crippen LogP contribution in [0, 0.1) is 12.8 Å². The summed E-state index contributed by atoms with van der Waals surface area (Å²) in [5.74, 6) is 1.04. The Balaban J connectivity index is 2.43. The molecule has 0 aliphatic rings. The van der Waals surface area contributed by atoms with Crippen LogP contribution in [-0.2, 0) is 0 Å². The average molecular weight is 303 g/mol. The summed E-state index contributed by atoms with van der Waals surface area (Å²) in [4.78, 5) is 12.0. The Kier molecular flexibility index (Phi) is 5.68. The fraction of sp³-hybridized carbons (Fsp3) is 0.667. The Hall–Kier alpha value is -0.840. The number of alkyl halides is 1.